The Morgan fingerprint density at radius 3 is 2.57 bits per heavy atom. The summed E-state index contributed by atoms with van der Waals surface area (Å²) >= 11 is 0. The highest BCUT2D eigenvalue weighted by Crippen LogP contribution is 2.30. The van der Waals surface area contributed by atoms with Crippen molar-refractivity contribution in [2.24, 2.45) is 5.16 Å². The Labute approximate surface area is 169 Å². The van der Waals surface area contributed by atoms with Gasteiger partial charge in [0.25, 0.3) is 5.91 Å². The first-order chi connectivity index (χ1) is 14.2. The molecule has 0 saturated carbocycles. The minimum Gasteiger partial charge on any atom is -0.466 e. The Kier molecular flexibility index (Phi) is 6.04. The van der Waals surface area contributed by atoms with E-state index < -0.39 is 29.3 Å². The number of rotatable bonds is 6. The Hall–Kier alpha value is -3.43. The molecule has 1 aromatic carbocycles. The lowest BCUT2D eigenvalue weighted by atomic mass is 9.89. The molecular formula is C20H18F3N3O4. The number of carbonyl (C=O) groups excluding carboxylic acids is 2. The number of ether oxygens (including phenoxy) is 1. The van der Waals surface area contributed by atoms with Gasteiger partial charge >= 0.3 is 12.1 Å². The summed E-state index contributed by atoms with van der Waals surface area (Å²) in [6, 6.07) is 12.2. The molecule has 1 unspecified atom stereocenters. The molecule has 1 aromatic heterocycles. The van der Waals surface area contributed by atoms with Gasteiger partial charge in [-0.3, -0.25) is 4.79 Å². The third-order valence-corrected chi connectivity index (χ3v) is 4.45. The van der Waals surface area contributed by atoms with E-state index in [1.54, 1.807) is 0 Å². The number of methoxy groups -OCH3 is 1. The van der Waals surface area contributed by atoms with Crippen LogP contribution in [0.5, 0.6) is 0 Å². The van der Waals surface area contributed by atoms with Gasteiger partial charge in [0, 0.05) is 12.8 Å². The Balaban J connectivity index is 1.65. The molecule has 30 heavy (non-hydrogen) atoms. The van der Waals surface area contributed by atoms with E-state index in [2.05, 4.69) is 15.5 Å². The third kappa shape index (κ3) is 4.76. The van der Waals surface area contributed by atoms with Gasteiger partial charge < -0.3 is 14.9 Å². The molecule has 2 heterocycles. The fourth-order valence-electron chi connectivity index (χ4n) is 3.02. The number of esters is 1. The number of pyridine rings is 1. The standard InChI is InChI=1S/C20H18F3N3O4/c1-29-18(28)19(10-13-6-3-2-4-7-13)11-14(26-30-19)12-24-17(27)15-8-5-9-16(25-15)20(21,22)23/h2-9H,10-12H2,1H3,(H,24,27). The van der Waals surface area contributed by atoms with Crippen LogP contribution in [0.4, 0.5) is 13.2 Å². The molecule has 0 radical (unpaired) electrons. The molecule has 10 heteroatoms. The normalized spacial score (nSPS) is 18.3. The molecule has 1 amide bonds. The van der Waals surface area contributed by atoms with Crippen molar-refractivity contribution in [1.29, 1.82) is 0 Å². The summed E-state index contributed by atoms with van der Waals surface area (Å²) < 4.78 is 43.1. The van der Waals surface area contributed by atoms with Crippen LogP contribution in [0.25, 0.3) is 0 Å². The van der Waals surface area contributed by atoms with E-state index in [-0.39, 0.29) is 25.1 Å². The lowest BCUT2D eigenvalue weighted by Crippen LogP contribution is -2.43. The van der Waals surface area contributed by atoms with Crippen LogP contribution < -0.4 is 5.32 Å². The lowest BCUT2D eigenvalue weighted by molar-refractivity contribution is -0.166. The van der Waals surface area contributed by atoms with Gasteiger partial charge in [-0.15, -0.1) is 0 Å². The van der Waals surface area contributed by atoms with Crippen molar-refractivity contribution < 1.29 is 32.3 Å². The average molecular weight is 421 g/mol. The highest BCUT2D eigenvalue weighted by Gasteiger charge is 2.47. The summed E-state index contributed by atoms with van der Waals surface area (Å²) in [5.74, 6) is -1.42. The number of oxime groups is 1. The SMILES string of the molecule is COC(=O)C1(Cc2ccccc2)CC(CNC(=O)c2cccc(C(F)(F)F)n2)=NO1. The largest absolute Gasteiger partial charge is 0.466 e. The summed E-state index contributed by atoms with van der Waals surface area (Å²) in [5.41, 5.74) is -1.74. The van der Waals surface area contributed by atoms with Gasteiger partial charge in [0.15, 0.2) is 0 Å². The monoisotopic (exact) mass is 421 g/mol. The third-order valence-electron chi connectivity index (χ3n) is 4.45. The van der Waals surface area contributed by atoms with Crippen molar-refractivity contribution in [3.05, 3.63) is 65.5 Å². The molecule has 2 aromatic rings. The average Bonchev–Trinajstić information content (AvgIpc) is 3.15. The molecule has 1 aliphatic rings. The van der Waals surface area contributed by atoms with Crippen molar-refractivity contribution in [2.75, 3.05) is 13.7 Å². The highest BCUT2D eigenvalue weighted by atomic mass is 19.4. The van der Waals surface area contributed by atoms with Gasteiger partial charge in [-0.2, -0.15) is 13.2 Å². The summed E-state index contributed by atoms with van der Waals surface area (Å²) in [7, 11) is 1.23. The predicted molar refractivity (Wildman–Crippen MR) is 99.6 cm³/mol. The van der Waals surface area contributed by atoms with Crippen molar-refractivity contribution in [3.8, 4) is 0 Å². The molecule has 158 valence electrons. The van der Waals surface area contributed by atoms with E-state index in [0.717, 1.165) is 17.7 Å². The van der Waals surface area contributed by atoms with E-state index in [1.165, 1.54) is 13.2 Å². The number of halogens is 3. The Morgan fingerprint density at radius 2 is 1.90 bits per heavy atom. The number of amides is 1. The molecule has 0 bridgehead atoms. The summed E-state index contributed by atoms with van der Waals surface area (Å²) in [6.07, 6.45) is -4.39. The van der Waals surface area contributed by atoms with E-state index in [9.17, 15) is 22.8 Å². The molecule has 1 aliphatic heterocycles. The number of hydrogen-bond donors (Lipinski definition) is 1. The second kappa shape index (κ2) is 8.52. The van der Waals surface area contributed by atoms with Gasteiger partial charge in [0.1, 0.15) is 11.4 Å². The van der Waals surface area contributed by atoms with Crippen LogP contribution in [-0.4, -0.2) is 41.8 Å². The predicted octanol–water partition coefficient (Wildman–Crippen LogP) is 2.76. The first-order valence-corrected chi connectivity index (χ1v) is 8.92. The summed E-state index contributed by atoms with van der Waals surface area (Å²) in [5, 5.41) is 6.32. The van der Waals surface area contributed by atoms with E-state index in [4.69, 9.17) is 9.57 Å². The zero-order valence-corrected chi connectivity index (χ0v) is 15.9. The lowest BCUT2D eigenvalue weighted by Gasteiger charge is -2.23. The van der Waals surface area contributed by atoms with E-state index in [0.29, 0.717) is 5.71 Å². The van der Waals surface area contributed by atoms with E-state index >= 15 is 0 Å². The molecule has 3 rings (SSSR count). The highest BCUT2D eigenvalue weighted by molar-refractivity contribution is 5.99. The fraction of sp³-hybridized carbons (Fsp3) is 0.300. The molecule has 0 saturated heterocycles. The van der Waals surface area contributed by atoms with Crippen molar-refractivity contribution >= 4 is 17.6 Å². The molecule has 0 fully saturated rings. The van der Waals surface area contributed by atoms with Gasteiger partial charge in [-0.1, -0.05) is 41.6 Å². The summed E-state index contributed by atoms with van der Waals surface area (Å²) in [4.78, 5) is 33.3. The van der Waals surface area contributed by atoms with Crippen molar-refractivity contribution in [3.63, 3.8) is 0 Å². The van der Waals surface area contributed by atoms with Crippen LogP contribution in [0.2, 0.25) is 0 Å². The molecule has 1 atom stereocenters. The minimum atomic E-state index is -4.66. The van der Waals surface area contributed by atoms with Crippen LogP contribution in [-0.2, 0) is 27.0 Å². The van der Waals surface area contributed by atoms with Crippen molar-refractivity contribution in [2.45, 2.75) is 24.6 Å². The molecular weight excluding hydrogens is 403 g/mol. The topological polar surface area (TPSA) is 89.9 Å². The second-order valence-corrected chi connectivity index (χ2v) is 6.66. The minimum absolute atomic E-state index is 0.0604. The molecule has 7 nitrogen and oxygen atoms in total. The summed E-state index contributed by atoms with van der Waals surface area (Å²) in [6.45, 7) is -0.121. The van der Waals surface area contributed by atoms with Crippen LogP contribution in [0, 0.1) is 0 Å². The number of carbonyl (C=O) groups is 2. The number of nitrogens with one attached hydrogen (secondary N) is 1. The van der Waals surface area contributed by atoms with Crippen LogP contribution >= 0.6 is 0 Å². The second-order valence-electron chi connectivity index (χ2n) is 6.66. The number of nitrogens with zero attached hydrogens (tertiary/aromatic N) is 2. The number of hydrogen-bond acceptors (Lipinski definition) is 6. The molecule has 0 spiro atoms. The number of aromatic nitrogens is 1. The van der Waals surface area contributed by atoms with Crippen LogP contribution in [0.15, 0.2) is 53.7 Å². The number of alkyl halides is 3. The maximum Gasteiger partial charge on any atom is 0.433 e. The smallest absolute Gasteiger partial charge is 0.433 e. The van der Waals surface area contributed by atoms with Gasteiger partial charge in [-0.25, -0.2) is 9.78 Å². The quantitative estimate of drug-likeness (QED) is 0.725. The molecule has 0 aliphatic carbocycles. The van der Waals surface area contributed by atoms with Crippen LogP contribution in [0.3, 0.4) is 0 Å². The van der Waals surface area contributed by atoms with Gasteiger partial charge in [0.2, 0.25) is 5.60 Å². The fourth-order valence-corrected chi connectivity index (χ4v) is 3.02. The van der Waals surface area contributed by atoms with Gasteiger partial charge in [0.05, 0.1) is 19.4 Å². The molecule has 1 N–H and O–H groups in total. The Bertz CT molecular complexity index is 963. The first-order valence-electron chi connectivity index (χ1n) is 8.92. The maximum absolute atomic E-state index is 12.8. The zero-order chi connectivity index (χ0) is 21.8. The number of benzene rings is 1. The Morgan fingerprint density at radius 1 is 1.17 bits per heavy atom. The zero-order valence-electron chi connectivity index (χ0n) is 15.9. The first kappa shape index (κ1) is 21.3. The van der Waals surface area contributed by atoms with Crippen molar-refractivity contribution in [1.82, 2.24) is 10.3 Å². The van der Waals surface area contributed by atoms with E-state index in [1.807, 2.05) is 30.3 Å². The van der Waals surface area contributed by atoms with Gasteiger partial charge in [-0.05, 0) is 17.7 Å². The van der Waals surface area contributed by atoms with Crippen LogP contribution in [0.1, 0.15) is 28.2 Å². The maximum atomic E-state index is 12.8.